The van der Waals surface area contributed by atoms with Gasteiger partial charge in [-0.25, -0.2) is 4.98 Å². The van der Waals surface area contributed by atoms with Crippen LogP contribution in [0.3, 0.4) is 0 Å². The molecule has 2 heterocycles. The van der Waals surface area contributed by atoms with Gasteiger partial charge in [0.15, 0.2) is 0 Å². The number of imidazole rings is 1. The zero-order chi connectivity index (χ0) is 12.3. The first-order valence-corrected chi connectivity index (χ1v) is 6.18. The molecule has 0 atom stereocenters. The van der Waals surface area contributed by atoms with E-state index >= 15 is 0 Å². The molecule has 0 unspecified atom stereocenters. The molecule has 0 radical (unpaired) electrons. The lowest BCUT2D eigenvalue weighted by atomic mass is 9.93. The second-order valence-corrected chi connectivity index (χ2v) is 6.19. The predicted octanol–water partition coefficient (Wildman–Crippen LogP) is 2.58. The van der Waals surface area contributed by atoms with Gasteiger partial charge in [-0.05, 0) is 18.9 Å². The highest BCUT2D eigenvalue weighted by atomic mass is 15.0. The van der Waals surface area contributed by atoms with E-state index < -0.39 is 0 Å². The highest BCUT2D eigenvalue weighted by Crippen LogP contribution is 2.44. The van der Waals surface area contributed by atoms with Gasteiger partial charge in [0, 0.05) is 28.9 Å². The minimum absolute atomic E-state index is 0.0780. The van der Waals surface area contributed by atoms with E-state index in [-0.39, 0.29) is 11.0 Å². The number of hydrogen-bond donors (Lipinski definition) is 1. The molecule has 3 rings (SSSR count). The average Bonchev–Trinajstić information content (AvgIpc) is 2.83. The predicted molar refractivity (Wildman–Crippen MR) is 69.0 cm³/mol. The molecule has 90 valence electrons. The summed E-state index contributed by atoms with van der Waals surface area (Å²) in [6.07, 6.45) is 6.31. The van der Waals surface area contributed by atoms with Crippen LogP contribution >= 0.6 is 0 Å². The zero-order valence-corrected chi connectivity index (χ0v) is 10.7. The van der Waals surface area contributed by atoms with Gasteiger partial charge in [0.2, 0.25) is 0 Å². The quantitative estimate of drug-likeness (QED) is 0.816. The molecule has 3 nitrogen and oxygen atoms in total. The van der Waals surface area contributed by atoms with Crippen LogP contribution in [0, 0.1) is 0 Å². The van der Waals surface area contributed by atoms with E-state index in [2.05, 4.69) is 43.5 Å². The minimum atomic E-state index is -0.122. The van der Waals surface area contributed by atoms with Crippen molar-refractivity contribution in [2.45, 2.75) is 44.6 Å². The Labute approximate surface area is 102 Å². The number of aromatic nitrogens is 2. The van der Waals surface area contributed by atoms with Gasteiger partial charge in [0.1, 0.15) is 5.65 Å². The number of fused-ring (bicyclic) bond motifs is 1. The van der Waals surface area contributed by atoms with Gasteiger partial charge >= 0.3 is 0 Å². The van der Waals surface area contributed by atoms with Crippen LogP contribution in [0.25, 0.3) is 5.65 Å². The highest BCUT2D eigenvalue weighted by molar-refractivity contribution is 5.55. The van der Waals surface area contributed by atoms with Crippen LogP contribution in [0.1, 0.15) is 44.9 Å². The Bertz CT molecular complexity index is 571. The van der Waals surface area contributed by atoms with Crippen molar-refractivity contribution in [1.29, 1.82) is 0 Å². The Morgan fingerprint density at radius 2 is 2.06 bits per heavy atom. The Morgan fingerprint density at radius 1 is 1.35 bits per heavy atom. The first-order chi connectivity index (χ1) is 7.90. The summed E-state index contributed by atoms with van der Waals surface area (Å²) in [6.45, 7) is 6.55. The van der Waals surface area contributed by atoms with Crippen molar-refractivity contribution in [3.05, 3.63) is 35.8 Å². The Hall–Kier alpha value is -1.35. The Balaban J connectivity index is 2.22. The molecular weight excluding hydrogens is 210 g/mol. The van der Waals surface area contributed by atoms with Crippen molar-refractivity contribution < 1.29 is 0 Å². The molecular formula is C14H19N3. The second-order valence-electron chi connectivity index (χ2n) is 6.19. The van der Waals surface area contributed by atoms with E-state index in [1.54, 1.807) is 0 Å². The van der Waals surface area contributed by atoms with Crippen molar-refractivity contribution in [2.24, 2.45) is 5.73 Å². The lowest BCUT2D eigenvalue weighted by molar-refractivity contribution is 0.573. The average molecular weight is 229 g/mol. The van der Waals surface area contributed by atoms with E-state index in [9.17, 15) is 0 Å². The van der Waals surface area contributed by atoms with E-state index in [0.29, 0.717) is 0 Å². The van der Waals surface area contributed by atoms with E-state index in [0.717, 1.165) is 24.2 Å². The first-order valence-electron chi connectivity index (χ1n) is 6.18. The maximum atomic E-state index is 6.30. The molecule has 0 aromatic carbocycles. The highest BCUT2D eigenvalue weighted by Gasteiger charge is 2.42. The van der Waals surface area contributed by atoms with Crippen molar-refractivity contribution in [3.63, 3.8) is 0 Å². The molecule has 2 aromatic heterocycles. The van der Waals surface area contributed by atoms with Crippen LogP contribution < -0.4 is 5.73 Å². The molecule has 2 aromatic rings. The summed E-state index contributed by atoms with van der Waals surface area (Å²) in [6, 6.07) is 4.17. The van der Waals surface area contributed by atoms with Crippen LogP contribution in [0.4, 0.5) is 0 Å². The van der Waals surface area contributed by atoms with Crippen LogP contribution in [-0.4, -0.2) is 9.38 Å². The van der Waals surface area contributed by atoms with Gasteiger partial charge in [0.25, 0.3) is 0 Å². The largest absolute Gasteiger partial charge is 0.321 e. The fraction of sp³-hybridized carbons (Fsp3) is 0.500. The summed E-state index contributed by atoms with van der Waals surface area (Å²) >= 11 is 0. The molecule has 1 saturated carbocycles. The van der Waals surface area contributed by atoms with Crippen molar-refractivity contribution in [1.82, 2.24) is 9.38 Å². The molecule has 0 saturated heterocycles. The van der Waals surface area contributed by atoms with Gasteiger partial charge in [-0.2, -0.15) is 0 Å². The normalized spacial score (nSPS) is 18.6. The smallest absolute Gasteiger partial charge is 0.142 e. The number of pyridine rings is 1. The van der Waals surface area contributed by atoms with E-state index in [1.165, 1.54) is 5.56 Å². The number of nitrogens with two attached hydrogens (primary N) is 1. The zero-order valence-electron chi connectivity index (χ0n) is 10.7. The summed E-state index contributed by atoms with van der Waals surface area (Å²) in [4.78, 5) is 4.77. The van der Waals surface area contributed by atoms with Gasteiger partial charge < -0.3 is 10.1 Å². The molecule has 1 aliphatic carbocycles. The molecule has 0 amide bonds. The summed E-state index contributed by atoms with van der Waals surface area (Å²) in [5.74, 6) is 0. The van der Waals surface area contributed by atoms with Crippen molar-refractivity contribution in [3.8, 4) is 0 Å². The standard InChI is InChI=1S/C14H19N3/c1-13(2,3)11-9-17-8-4-5-10(12(17)16-11)14(15)6-7-14/h4-5,8-9H,6-7,15H2,1-3H3. The molecule has 1 aliphatic rings. The molecule has 0 bridgehead atoms. The summed E-state index contributed by atoms with van der Waals surface area (Å²) in [5, 5.41) is 0. The van der Waals surface area contributed by atoms with Crippen LogP contribution in [0.15, 0.2) is 24.5 Å². The summed E-state index contributed by atoms with van der Waals surface area (Å²) in [7, 11) is 0. The van der Waals surface area contributed by atoms with E-state index in [1.807, 2.05) is 6.20 Å². The van der Waals surface area contributed by atoms with Crippen LogP contribution in [0.2, 0.25) is 0 Å². The lowest BCUT2D eigenvalue weighted by Gasteiger charge is -2.14. The maximum absolute atomic E-state index is 6.30. The Morgan fingerprint density at radius 3 is 2.65 bits per heavy atom. The van der Waals surface area contributed by atoms with Crippen molar-refractivity contribution in [2.75, 3.05) is 0 Å². The first kappa shape index (κ1) is 10.8. The molecule has 0 spiro atoms. The summed E-state index contributed by atoms with van der Waals surface area (Å²) in [5.41, 5.74) is 9.59. The Kier molecular flexibility index (Phi) is 1.97. The molecule has 3 heteroatoms. The SMILES string of the molecule is CC(C)(C)c1cn2cccc(C3(N)CC3)c2n1. The topological polar surface area (TPSA) is 43.3 Å². The lowest BCUT2D eigenvalue weighted by Crippen LogP contribution is -2.19. The molecule has 0 aliphatic heterocycles. The van der Waals surface area contributed by atoms with Crippen LogP contribution in [0.5, 0.6) is 0 Å². The molecule has 17 heavy (non-hydrogen) atoms. The number of rotatable bonds is 1. The van der Waals surface area contributed by atoms with Gasteiger partial charge in [-0.3, -0.25) is 0 Å². The van der Waals surface area contributed by atoms with Crippen LogP contribution in [-0.2, 0) is 11.0 Å². The summed E-state index contributed by atoms with van der Waals surface area (Å²) < 4.78 is 2.10. The molecule has 1 fully saturated rings. The van der Waals surface area contributed by atoms with Gasteiger partial charge in [-0.15, -0.1) is 0 Å². The monoisotopic (exact) mass is 229 g/mol. The fourth-order valence-corrected chi connectivity index (χ4v) is 2.17. The third-order valence-electron chi connectivity index (χ3n) is 3.58. The number of nitrogens with zero attached hydrogens (tertiary/aromatic N) is 2. The van der Waals surface area contributed by atoms with Crippen molar-refractivity contribution >= 4 is 5.65 Å². The second kappa shape index (κ2) is 3.10. The molecule has 2 N–H and O–H groups in total. The third kappa shape index (κ3) is 1.65. The third-order valence-corrected chi connectivity index (χ3v) is 3.58. The fourth-order valence-electron chi connectivity index (χ4n) is 2.17. The number of hydrogen-bond acceptors (Lipinski definition) is 2. The van der Waals surface area contributed by atoms with Gasteiger partial charge in [-0.1, -0.05) is 26.8 Å². The maximum Gasteiger partial charge on any atom is 0.142 e. The van der Waals surface area contributed by atoms with E-state index in [4.69, 9.17) is 10.7 Å². The minimum Gasteiger partial charge on any atom is -0.321 e. The van der Waals surface area contributed by atoms with Gasteiger partial charge in [0.05, 0.1) is 5.69 Å².